The molecule has 1 rings (SSSR count). The van der Waals surface area contributed by atoms with Crippen LogP contribution in [0.4, 0.5) is 0 Å². The van der Waals surface area contributed by atoms with Gasteiger partial charge >= 0.3 is 5.97 Å². The van der Waals surface area contributed by atoms with Crippen LogP contribution in [0.5, 0.6) is 5.75 Å². The maximum Gasteiger partial charge on any atom is 0.337 e. The quantitative estimate of drug-likeness (QED) is 0.627. The van der Waals surface area contributed by atoms with Gasteiger partial charge in [-0.15, -0.1) is 0 Å². The Kier molecular flexibility index (Phi) is 4.15. The second kappa shape index (κ2) is 5.16. The minimum atomic E-state index is -0.359. The van der Waals surface area contributed by atoms with Gasteiger partial charge in [0.1, 0.15) is 5.75 Å². The number of hydrogen-bond acceptors (Lipinski definition) is 3. The Bertz CT molecular complexity index is 361. The van der Waals surface area contributed by atoms with Gasteiger partial charge in [-0.1, -0.05) is 22.0 Å². The van der Waals surface area contributed by atoms with Gasteiger partial charge in [-0.05, 0) is 19.1 Å². The zero-order valence-corrected chi connectivity index (χ0v) is 10.5. The Hall–Kier alpha value is -1.03. The van der Waals surface area contributed by atoms with Crippen LogP contribution in [0, 0.1) is 0 Å². The molecule has 0 fully saturated rings. The van der Waals surface area contributed by atoms with Gasteiger partial charge in [0.2, 0.25) is 0 Å². The largest absolute Gasteiger partial charge is 0.496 e. The van der Waals surface area contributed by atoms with Crippen LogP contribution in [0.25, 0.3) is 0 Å². The van der Waals surface area contributed by atoms with E-state index in [-0.39, 0.29) is 10.8 Å². The number of alkyl halides is 1. The van der Waals surface area contributed by atoms with Crippen LogP contribution >= 0.6 is 15.9 Å². The topological polar surface area (TPSA) is 35.5 Å². The van der Waals surface area contributed by atoms with Crippen molar-refractivity contribution in [3.05, 3.63) is 29.3 Å². The Labute approximate surface area is 97.5 Å². The van der Waals surface area contributed by atoms with Crippen LogP contribution in [0.1, 0.15) is 27.7 Å². The number of esters is 1. The SMILES string of the molecule is COC(=O)c1ccc(C(C)Br)c(OC)c1. The lowest BCUT2D eigenvalue weighted by Crippen LogP contribution is -2.02. The van der Waals surface area contributed by atoms with Crippen molar-refractivity contribution in [1.29, 1.82) is 0 Å². The summed E-state index contributed by atoms with van der Waals surface area (Å²) in [5.41, 5.74) is 1.50. The lowest BCUT2D eigenvalue weighted by Gasteiger charge is -2.11. The Balaban J connectivity index is 3.13. The average Bonchev–Trinajstić information content (AvgIpc) is 2.26. The summed E-state index contributed by atoms with van der Waals surface area (Å²) in [6.45, 7) is 2.00. The van der Waals surface area contributed by atoms with Crippen LogP contribution in [0.15, 0.2) is 18.2 Å². The third-order valence-electron chi connectivity index (χ3n) is 2.08. The maximum absolute atomic E-state index is 11.3. The molecule has 4 heteroatoms. The minimum absolute atomic E-state index is 0.180. The predicted molar refractivity (Wildman–Crippen MR) is 61.7 cm³/mol. The molecule has 0 amide bonds. The minimum Gasteiger partial charge on any atom is -0.496 e. The first kappa shape index (κ1) is 12.0. The van der Waals surface area contributed by atoms with E-state index in [0.29, 0.717) is 11.3 Å². The van der Waals surface area contributed by atoms with Gasteiger partial charge in [0, 0.05) is 10.4 Å². The summed E-state index contributed by atoms with van der Waals surface area (Å²) in [4.78, 5) is 11.5. The molecule has 0 aliphatic rings. The van der Waals surface area contributed by atoms with Gasteiger partial charge in [-0.3, -0.25) is 0 Å². The molecule has 0 aliphatic heterocycles. The second-order valence-electron chi connectivity index (χ2n) is 3.06. The smallest absolute Gasteiger partial charge is 0.337 e. The molecule has 1 unspecified atom stereocenters. The van der Waals surface area contributed by atoms with E-state index in [2.05, 4.69) is 20.7 Å². The van der Waals surface area contributed by atoms with Gasteiger partial charge in [-0.25, -0.2) is 4.79 Å². The average molecular weight is 273 g/mol. The number of rotatable bonds is 3. The van der Waals surface area contributed by atoms with Crippen LogP contribution in [0.2, 0.25) is 0 Å². The van der Waals surface area contributed by atoms with Crippen LogP contribution in [0.3, 0.4) is 0 Å². The van der Waals surface area contributed by atoms with Crippen molar-refractivity contribution >= 4 is 21.9 Å². The summed E-state index contributed by atoms with van der Waals surface area (Å²) >= 11 is 3.46. The molecular weight excluding hydrogens is 260 g/mol. The first-order valence-corrected chi connectivity index (χ1v) is 5.42. The molecule has 0 aliphatic carbocycles. The van der Waals surface area contributed by atoms with E-state index in [1.807, 2.05) is 13.0 Å². The molecular formula is C11H13BrO3. The van der Waals surface area contributed by atoms with Crippen molar-refractivity contribution in [2.45, 2.75) is 11.8 Å². The predicted octanol–water partition coefficient (Wildman–Crippen LogP) is 2.94. The second-order valence-corrected chi connectivity index (χ2v) is 4.44. The van der Waals surface area contributed by atoms with Gasteiger partial charge in [0.25, 0.3) is 0 Å². The first-order valence-electron chi connectivity index (χ1n) is 4.50. The summed E-state index contributed by atoms with van der Waals surface area (Å²) in [5.74, 6) is 0.323. The molecule has 0 saturated carbocycles. The van der Waals surface area contributed by atoms with Crippen LogP contribution < -0.4 is 4.74 Å². The molecule has 82 valence electrons. The fourth-order valence-corrected chi connectivity index (χ4v) is 1.66. The lowest BCUT2D eigenvalue weighted by atomic mass is 10.1. The van der Waals surface area contributed by atoms with Crippen molar-refractivity contribution in [2.24, 2.45) is 0 Å². The Morgan fingerprint density at radius 1 is 1.40 bits per heavy atom. The van der Waals surface area contributed by atoms with Gasteiger partial charge in [0.05, 0.1) is 19.8 Å². The van der Waals surface area contributed by atoms with E-state index < -0.39 is 0 Å². The molecule has 1 aromatic rings. The van der Waals surface area contributed by atoms with Crippen LogP contribution in [-0.2, 0) is 4.74 Å². The molecule has 0 spiro atoms. The molecule has 3 nitrogen and oxygen atoms in total. The highest BCUT2D eigenvalue weighted by Gasteiger charge is 2.12. The van der Waals surface area contributed by atoms with Crippen molar-refractivity contribution in [3.8, 4) is 5.75 Å². The Morgan fingerprint density at radius 2 is 2.07 bits per heavy atom. The number of carbonyl (C=O) groups is 1. The van der Waals surface area contributed by atoms with E-state index in [9.17, 15) is 4.79 Å². The summed E-state index contributed by atoms with van der Waals surface area (Å²) in [5, 5.41) is 0. The molecule has 1 atom stereocenters. The number of carbonyl (C=O) groups excluding carboxylic acids is 1. The summed E-state index contributed by atoms with van der Waals surface area (Å²) < 4.78 is 9.83. The fraction of sp³-hybridized carbons (Fsp3) is 0.364. The molecule has 15 heavy (non-hydrogen) atoms. The van der Waals surface area contributed by atoms with E-state index in [1.165, 1.54) is 7.11 Å². The molecule has 0 saturated heterocycles. The van der Waals surface area contributed by atoms with Crippen molar-refractivity contribution in [3.63, 3.8) is 0 Å². The monoisotopic (exact) mass is 272 g/mol. The van der Waals surface area contributed by atoms with Crippen LogP contribution in [-0.4, -0.2) is 20.2 Å². The third kappa shape index (κ3) is 2.72. The molecule has 0 N–H and O–H groups in total. The highest BCUT2D eigenvalue weighted by molar-refractivity contribution is 9.09. The zero-order valence-electron chi connectivity index (χ0n) is 8.91. The normalized spacial score (nSPS) is 12.0. The highest BCUT2D eigenvalue weighted by Crippen LogP contribution is 2.31. The first-order chi connectivity index (χ1) is 7.10. The number of hydrogen-bond donors (Lipinski definition) is 0. The van der Waals surface area contributed by atoms with Crippen molar-refractivity contribution < 1.29 is 14.3 Å². The molecule has 1 aromatic carbocycles. The maximum atomic E-state index is 11.3. The summed E-state index contributed by atoms with van der Waals surface area (Å²) in [6.07, 6.45) is 0. The zero-order chi connectivity index (χ0) is 11.4. The molecule has 0 aromatic heterocycles. The summed E-state index contributed by atoms with van der Waals surface area (Å²) in [6, 6.07) is 5.25. The van der Waals surface area contributed by atoms with E-state index in [4.69, 9.17) is 4.74 Å². The number of methoxy groups -OCH3 is 2. The third-order valence-corrected chi connectivity index (χ3v) is 2.58. The molecule has 0 heterocycles. The van der Waals surface area contributed by atoms with E-state index >= 15 is 0 Å². The number of halogens is 1. The Morgan fingerprint density at radius 3 is 2.53 bits per heavy atom. The lowest BCUT2D eigenvalue weighted by molar-refractivity contribution is 0.0600. The van der Waals surface area contributed by atoms with Gasteiger partial charge < -0.3 is 9.47 Å². The number of benzene rings is 1. The standard InChI is InChI=1S/C11H13BrO3/c1-7(12)9-5-4-8(11(13)15-3)6-10(9)14-2/h4-7H,1-3H3. The number of ether oxygens (including phenoxy) is 2. The van der Waals surface area contributed by atoms with E-state index in [0.717, 1.165) is 5.56 Å². The van der Waals surface area contributed by atoms with Gasteiger partial charge in [0.15, 0.2) is 0 Å². The van der Waals surface area contributed by atoms with Gasteiger partial charge in [-0.2, -0.15) is 0 Å². The van der Waals surface area contributed by atoms with E-state index in [1.54, 1.807) is 19.2 Å². The molecule has 0 bridgehead atoms. The highest BCUT2D eigenvalue weighted by atomic mass is 79.9. The fourth-order valence-electron chi connectivity index (χ4n) is 1.28. The van der Waals surface area contributed by atoms with Crippen molar-refractivity contribution in [1.82, 2.24) is 0 Å². The molecule has 0 radical (unpaired) electrons. The van der Waals surface area contributed by atoms with Crippen molar-refractivity contribution in [2.75, 3.05) is 14.2 Å². The summed E-state index contributed by atoms with van der Waals surface area (Å²) in [7, 11) is 2.94.